The molecule has 6 nitrogen and oxygen atoms in total. The van der Waals surface area contributed by atoms with Crippen LogP contribution in [-0.4, -0.2) is 11.8 Å². The molecule has 0 heterocycles. The second-order valence-electron chi connectivity index (χ2n) is 3.95. The van der Waals surface area contributed by atoms with Crippen molar-refractivity contribution in [2.45, 2.75) is 13.3 Å². The van der Waals surface area contributed by atoms with Crippen molar-refractivity contribution in [2.24, 2.45) is 0 Å². The summed E-state index contributed by atoms with van der Waals surface area (Å²) in [5, 5.41) is 10.5. The molecule has 0 aliphatic carbocycles. The van der Waals surface area contributed by atoms with Crippen molar-refractivity contribution in [1.29, 1.82) is 5.26 Å². The molecular weight excluding hydrogens is 282 g/mol. The first-order valence-electron chi connectivity index (χ1n) is 5.78. The number of carbonyl (C=O) groups is 2. The molecule has 0 aliphatic rings. The molecular formula is C13H12F2N4O2. The zero-order chi connectivity index (χ0) is 15.8. The van der Waals surface area contributed by atoms with E-state index >= 15 is 0 Å². The van der Waals surface area contributed by atoms with Crippen LogP contribution < -0.4 is 16.2 Å². The Morgan fingerprint density at radius 3 is 2.67 bits per heavy atom. The number of hydrazine groups is 1. The molecule has 110 valence electrons. The fraction of sp³-hybridized carbons (Fsp3) is 0.154. The van der Waals surface area contributed by atoms with Gasteiger partial charge in [-0.1, -0.05) is 0 Å². The maximum atomic E-state index is 13.3. The van der Waals surface area contributed by atoms with E-state index in [2.05, 4.69) is 16.2 Å². The third kappa shape index (κ3) is 5.69. The molecule has 0 spiro atoms. The molecule has 0 fully saturated rings. The fourth-order valence-corrected chi connectivity index (χ4v) is 1.28. The molecule has 0 aliphatic heterocycles. The van der Waals surface area contributed by atoms with Crippen molar-refractivity contribution in [3.05, 3.63) is 41.6 Å². The van der Waals surface area contributed by atoms with Crippen molar-refractivity contribution < 1.29 is 18.4 Å². The SMILES string of the molecule is C/C(=C\C(=O)Nc1ccc(F)cc1F)NNC(=O)CC#N. The zero-order valence-corrected chi connectivity index (χ0v) is 11.0. The van der Waals surface area contributed by atoms with Gasteiger partial charge in [0.2, 0.25) is 5.91 Å². The summed E-state index contributed by atoms with van der Waals surface area (Å²) < 4.78 is 26.0. The Hall–Kier alpha value is -2.95. The molecule has 1 rings (SSSR count). The summed E-state index contributed by atoms with van der Waals surface area (Å²) >= 11 is 0. The van der Waals surface area contributed by atoms with Crippen LogP contribution in [0.15, 0.2) is 30.0 Å². The average molecular weight is 294 g/mol. The first kappa shape index (κ1) is 16.1. The molecule has 1 aromatic carbocycles. The Morgan fingerprint density at radius 2 is 2.05 bits per heavy atom. The second kappa shape index (κ2) is 7.59. The van der Waals surface area contributed by atoms with Crippen LogP contribution in [0.5, 0.6) is 0 Å². The van der Waals surface area contributed by atoms with Crippen molar-refractivity contribution in [3.63, 3.8) is 0 Å². The Labute approximate surface area is 119 Å². The summed E-state index contributed by atoms with van der Waals surface area (Å²) in [5.74, 6) is -2.88. The number of halogens is 2. The van der Waals surface area contributed by atoms with Crippen LogP contribution in [0, 0.1) is 23.0 Å². The van der Waals surface area contributed by atoms with Gasteiger partial charge in [-0.25, -0.2) is 8.78 Å². The average Bonchev–Trinajstić information content (AvgIpc) is 2.40. The summed E-state index contributed by atoms with van der Waals surface area (Å²) in [6.45, 7) is 1.48. The Balaban J connectivity index is 2.57. The smallest absolute Gasteiger partial charge is 0.252 e. The van der Waals surface area contributed by atoms with E-state index < -0.39 is 23.4 Å². The Bertz CT molecular complexity index is 623. The Kier molecular flexibility index (Phi) is 5.82. The van der Waals surface area contributed by atoms with Gasteiger partial charge in [0.15, 0.2) is 0 Å². The standard InChI is InChI=1S/C13H12F2N4O2/c1-8(18-19-12(20)4-5-16)6-13(21)17-11-3-2-9(14)7-10(11)15/h2-3,6-7,18H,4H2,1H3,(H,17,21)(H,19,20)/b8-6+. The van der Waals surface area contributed by atoms with Gasteiger partial charge in [-0.3, -0.25) is 15.0 Å². The number of hydrogen-bond acceptors (Lipinski definition) is 4. The van der Waals surface area contributed by atoms with E-state index in [9.17, 15) is 18.4 Å². The number of nitriles is 1. The van der Waals surface area contributed by atoms with Gasteiger partial charge < -0.3 is 10.7 Å². The van der Waals surface area contributed by atoms with Crippen molar-refractivity contribution >= 4 is 17.5 Å². The van der Waals surface area contributed by atoms with Gasteiger partial charge in [-0.05, 0) is 19.1 Å². The highest BCUT2D eigenvalue weighted by Crippen LogP contribution is 2.14. The van der Waals surface area contributed by atoms with Crippen LogP contribution in [0.25, 0.3) is 0 Å². The van der Waals surface area contributed by atoms with E-state index in [4.69, 9.17) is 5.26 Å². The van der Waals surface area contributed by atoms with E-state index in [1.165, 1.54) is 6.92 Å². The molecule has 21 heavy (non-hydrogen) atoms. The molecule has 0 radical (unpaired) electrons. The van der Waals surface area contributed by atoms with Gasteiger partial charge in [-0.15, -0.1) is 0 Å². The molecule has 0 atom stereocenters. The lowest BCUT2D eigenvalue weighted by atomic mass is 10.3. The Morgan fingerprint density at radius 1 is 1.33 bits per heavy atom. The van der Waals surface area contributed by atoms with E-state index in [0.717, 1.165) is 18.2 Å². The van der Waals surface area contributed by atoms with Crippen LogP contribution in [0.4, 0.5) is 14.5 Å². The highest BCUT2D eigenvalue weighted by atomic mass is 19.1. The monoisotopic (exact) mass is 294 g/mol. The molecule has 0 saturated carbocycles. The number of nitrogens with zero attached hydrogens (tertiary/aromatic N) is 1. The minimum absolute atomic E-state index is 0.168. The number of benzene rings is 1. The number of amides is 2. The number of hydrogen-bond donors (Lipinski definition) is 3. The summed E-state index contributed by atoms with van der Waals surface area (Å²) in [5.41, 5.74) is 4.69. The molecule has 0 saturated heterocycles. The van der Waals surface area contributed by atoms with Crippen molar-refractivity contribution in [3.8, 4) is 6.07 Å². The van der Waals surface area contributed by atoms with E-state index in [1.807, 2.05) is 0 Å². The lowest BCUT2D eigenvalue weighted by molar-refractivity contribution is -0.121. The summed E-state index contributed by atoms with van der Waals surface area (Å²) in [4.78, 5) is 22.6. The van der Waals surface area contributed by atoms with E-state index in [1.54, 1.807) is 6.07 Å². The van der Waals surface area contributed by atoms with Gasteiger partial charge in [0.25, 0.3) is 5.91 Å². The number of carbonyl (C=O) groups excluding carboxylic acids is 2. The maximum absolute atomic E-state index is 13.3. The molecule has 8 heteroatoms. The van der Waals surface area contributed by atoms with Crippen LogP contribution in [0.2, 0.25) is 0 Å². The van der Waals surface area contributed by atoms with Crippen LogP contribution in [0.1, 0.15) is 13.3 Å². The molecule has 1 aromatic rings. The second-order valence-corrected chi connectivity index (χ2v) is 3.95. The minimum Gasteiger partial charge on any atom is -0.320 e. The lowest BCUT2D eigenvalue weighted by Crippen LogP contribution is -2.36. The third-order valence-electron chi connectivity index (χ3n) is 2.18. The number of rotatable bonds is 5. The highest BCUT2D eigenvalue weighted by Gasteiger charge is 2.06. The van der Waals surface area contributed by atoms with Crippen LogP contribution in [0.3, 0.4) is 0 Å². The number of anilines is 1. The topological polar surface area (TPSA) is 94.0 Å². The number of allylic oxidation sites excluding steroid dienone is 1. The lowest BCUT2D eigenvalue weighted by Gasteiger charge is -2.08. The van der Waals surface area contributed by atoms with Gasteiger partial charge in [0, 0.05) is 17.8 Å². The molecule has 0 bridgehead atoms. The first-order valence-corrected chi connectivity index (χ1v) is 5.78. The zero-order valence-electron chi connectivity index (χ0n) is 11.0. The van der Waals surface area contributed by atoms with Gasteiger partial charge >= 0.3 is 0 Å². The number of nitrogens with one attached hydrogen (secondary N) is 3. The normalized spacial score (nSPS) is 10.5. The summed E-state index contributed by atoms with van der Waals surface area (Å²) in [6.07, 6.45) is 0.739. The largest absolute Gasteiger partial charge is 0.320 e. The van der Waals surface area contributed by atoms with Gasteiger partial charge in [-0.2, -0.15) is 5.26 Å². The predicted octanol–water partition coefficient (Wildman–Crippen LogP) is 1.34. The molecule has 0 aromatic heterocycles. The minimum atomic E-state index is -0.898. The van der Waals surface area contributed by atoms with Crippen molar-refractivity contribution in [1.82, 2.24) is 10.9 Å². The highest BCUT2D eigenvalue weighted by molar-refractivity contribution is 5.99. The van der Waals surface area contributed by atoms with Crippen LogP contribution in [-0.2, 0) is 9.59 Å². The predicted molar refractivity (Wildman–Crippen MR) is 70.3 cm³/mol. The van der Waals surface area contributed by atoms with Gasteiger partial charge in [0.1, 0.15) is 18.1 Å². The molecule has 0 unspecified atom stereocenters. The van der Waals surface area contributed by atoms with Crippen LogP contribution >= 0.6 is 0 Å². The van der Waals surface area contributed by atoms with Crippen molar-refractivity contribution in [2.75, 3.05) is 5.32 Å². The van der Waals surface area contributed by atoms with Gasteiger partial charge in [0.05, 0.1) is 11.8 Å². The molecule has 3 N–H and O–H groups in total. The van der Waals surface area contributed by atoms with E-state index in [-0.39, 0.29) is 17.8 Å². The maximum Gasteiger partial charge on any atom is 0.252 e. The summed E-state index contributed by atoms with van der Waals surface area (Å²) in [7, 11) is 0. The third-order valence-corrected chi connectivity index (χ3v) is 2.18. The van der Waals surface area contributed by atoms with E-state index in [0.29, 0.717) is 6.07 Å². The quantitative estimate of drug-likeness (QED) is 0.564. The summed E-state index contributed by atoms with van der Waals surface area (Å²) in [6, 6.07) is 4.40. The molecule has 2 amide bonds. The fourth-order valence-electron chi connectivity index (χ4n) is 1.28. The first-order chi connectivity index (χ1) is 9.92.